The van der Waals surface area contributed by atoms with Crippen LogP contribution in [-0.2, 0) is 0 Å². The molecule has 0 saturated carbocycles. The molecule has 48 heavy (non-hydrogen) atoms. The second-order valence-electron chi connectivity index (χ2n) is 12.0. The van der Waals surface area contributed by atoms with E-state index in [2.05, 4.69) is 140 Å². The highest BCUT2D eigenvalue weighted by molar-refractivity contribution is 6.21. The molecule has 0 atom stereocenters. The van der Waals surface area contributed by atoms with Crippen molar-refractivity contribution in [3.63, 3.8) is 0 Å². The lowest BCUT2D eigenvalue weighted by atomic mass is 9.93. The lowest BCUT2D eigenvalue weighted by Gasteiger charge is -2.15. The van der Waals surface area contributed by atoms with Crippen molar-refractivity contribution in [1.82, 2.24) is 15.0 Å². The molecular formula is C45H29N3. The summed E-state index contributed by atoms with van der Waals surface area (Å²) in [5, 5.41) is 5.82. The molecule has 0 aliphatic rings. The Balaban J connectivity index is 1.26. The maximum atomic E-state index is 5.40. The Bertz CT molecular complexity index is 2520. The first-order chi connectivity index (χ1) is 23.8. The molecule has 0 N–H and O–H groups in total. The molecule has 0 spiro atoms. The van der Waals surface area contributed by atoms with Gasteiger partial charge in [0.15, 0.2) is 5.82 Å². The normalized spacial score (nSPS) is 11.3. The molecule has 0 fully saturated rings. The number of benzene rings is 7. The second kappa shape index (κ2) is 11.7. The number of rotatable bonds is 5. The van der Waals surface area contributed by atoms with Crippen LogP contribution in [0.3, 0.4) is 0 Å². The largest absolute Gasteiger partial charge is 0.247 e. The van der Waals surface area contributed by atoms with Crippen molar-refractivity contribution in [3.05, 3.63) is 176 Å². The fourth-order valence-corrected chi connectivity index (χ4v) is 6.68. The average molecular weight is 612 g/mol. The van der Waals surface area contributed by atoms with Crippen molar-refractivity contribution in [1.29, 1.82) is 0 Å². The monoisotopic (exact) mass is 611 g/mol. The van der Waals surface area contributed by atoms with Crippen LogP contribution in [0.4, 0.5) is 0 Å². The van der Waals surface area contributed by atoms with Gasteiger partial charge in [0.05, 0.1) is 22.6 Å². The summed E-state index contributed by atoms with van der Waals surface area (Å²) in [6, 6.07) is 61.4. The van der Waals surface area contributed by atoms with Gasteiger partial charge in [-0.3, -0.25) is 0 Å². The molecule has 2 aromatic heterocycles. The van der Waals surface area contributed by atoms with Crippen LogP contribution >= 0.6 is 0 Å². The molecular weight excluding hydrogens is 583 g/mol. The van der Waals surface area contributed by atoms with Crippen LogP contribution in [0.15, 0.2) is 176 Å². The first kappa shape index (κ1) is 27.8. The molecule has 224 valence electrons. The minimum atomic E-state index is 0.673. The summed E-state index contributed by atoms with van der Waals surface area (Å²) in [4.78, 5) is 15.6. The number of hydrogen-bond donors (Lipinski definition) is 0. The summed E-state index contributed by atoms with van der Waals surface area (Å²) in [6.07, 6.45) is 0. The van der Waals surface area contributed by atoms with E-state index in [0.717, 1.165) is 55.6 Å². The molecule has 9 aromatic rings. The van der Waals surface area contributed by atoms with E-state index in [9.17, 15) is 0 Å². The summed E-state index contributed by atoms with van der Waals surface area (Å²) < 4.78 is 0. The van der Waals surface area contributed by atoms with Crippen molar-refractivity contribution in [2.75, 3.05) is 0 Å². The van der Waals surface area contributed by atoms with Gasteiger partial charge in [-0.1, -0.05) is 158 Å². The Morgan fingerprint density at radius 1 is 0.312 bits per heavy atom. The second-order valence-corrected chi connectivity index (χ2v) is 12.0. The van der Waals surface area contributed by atoms with Crippen LogP contribution in [0.1, 0.15) is 0 Å². The van der Waals surface area contributed by atoms with E-state index in [-0.39, 0.29) is 0 Å². The summed E-state index contributed by atoms with van der Waals surface area (Å²) in [5.41, 5.74) is 10.2. The zero-order chi connectivity index (χ0) is 31.9. The van der Waals surface area contributed by atoms with Gasteiger partial charge in [0.25, 0.3) is 0 Å². The third-order valence-electron chi connectivity index (χ3n) is 9.05. The zero-order valence-electron chi connectivity index (χ0n) is 26.1. The SMILES string of the molecule is c1ccc(-c2ccc3c(ccc4c5ccc(-c6nc(-c7ccccc7)cc(-c7ccccc7)n6)cc5nc(-c5ccccc5)c34)c2)cc1. The van der Waals surface area contributed by atoms with E-state index in [1.165, 1.54) is 27.3 Å². The number of pyridine rings is 1. The van der Waals surface area contributed by atoms with Crippen LogP contribution in [0.25, 0.3) is 88.7 Å². The fraction of sp³-hybridized carbons (Fsp3) is 0. The van der Waals surface area contributed by atoms with Crippen LogP contribution < -0.4 is 0 Å². The third-order valence-corrected chi connectivity index (χ3v) is 9.05. The van der Waals surface area contributed by atoms with Crippen molar-refractivity contribution in [2.24, 2.45) is 0 Å². The summed E-state index contributed by atoms with van der Waals surface area (Å²) >= 11 is 0. The van der Waals surface area contributed by atoms with E-state index in [0.29, 0.717) is 5.82 Å². The molecule has 0 amide bonds. The Hall–Kier alpha value is -6.45. The topological polar surface area (TPSA) is 38.7 Å². The molecule has 0 bridgehead atoms. The van der Waals surface area contributed by atoms with Gasteiger partial charge in [-0.2, -0.15) is 0 Å². The first-order valence-electron chi connectivity index (χ1n) is 16.2. The molecule has 3 heteroatoms. The standard InChI is InChI=1S/C45H29N3/c1-5-13-30(14-6-1)34-21-24-37-35(27-34)22-26-39-38-25-23-36(28-42(38)46-44(43(37)39)33-19-11-4-12-20-33)45-47-40(31-15-7-2-8-16-31)29-41(48-45)32-17-9-3-10-18-32/h1-29H. The Morgan fingerprint density at radius 3 is 1.46 bits per heavy atom. The smallest absolute Gasteiger partial charge is 0.160 e. The highest BCUT2D eigenvalue weighted by Gasteiger charge is 2.16. The maximum absolute atomic E-state index is 5.40. The van der Waals surface area contributed by atoms with Crippen molar-refractivity contribution in [3.8, 4) is 56.3 Å². The molecule has 7 aromatic carbocycles. The maximum Gasteiger partial charge on any atom is 0.160 e. The predicted octanol–water partition coefficient (Wildman–Crippen LogP) is 11.7. The van der Waals surface area contributed by atoms with Gasteiger partial charge in [0.1, 0.15) is 0 Å². The molecule has 0 unspecified atom stereocenters. The highest BCUT2D eigenvalue weighted by atomic mass is 14.9. The lowest BCUT2D eigenvalue weighted by molar-refractivity contribution is 1.18. The molecule has 2 heterocycles. The van der Waals surface area contributed by atoms with Gasteiger partial charge in [-0.15, -0.1) is 0 Å². The highest BCUT2D eigenvalue weighted by Crippen LogP contribution is 2.39. The summed E-state index contributed by atoms with van der Waals surface area (Å²) in [6.45, 7) is 0. The fourth-order valence-electron chi connectivity index (χ4n) is 6.68. The molecule has 0 aliphatic carbocycles. The Morgan fingerprint density at radius 2 is 0.833 bits per heavy atom. The van der Waals surface area contributed by atoms with Crippen molar-refractivity contribution >= 4 is 32.4 Å². The third kappa shape index (κ3) is 4.99. The van der Waals surface area contributed by atoms with Crippen LogP contribution in [0, 0.1) is 0 Å². The van der Waals surface area contributed by atoms with E-state index in [1.54, 1.807) is 0 Å². The Labute approximate surface area is 278 Å². The molecule has 0 radical (unpaired) electrons. The van der Waals surface area contributed by atoms with Gasteiger partial charge in [0.2, 0.25) is 0 Å². The lowest BCUT2D eigenvalue weighted by Crippen LogP contribution is -1.97. The van der Waals surface area contributed by atoms with Gasteiger partial charge in [-0.25, -0.2) is 15.0 Å². The van der Waals surface area contributed by atoms with Gasteiger partial charge < -0.3 is 0 Å². The van der Waals surface area contributed by atoms with Crippen LogP contribution in [0.2, 0.25) is 0 Å². The van der Waals surface area contributed by atoms with Crippen LogP contribution in [-0.4, -0.2) is 15.0 Å². The van der Waals surface area contributed by atoms with Crippen LogP contribution in [0.5, 0.6) is 0 Å². The molecule has 9 rings (SSSR count). The van der Waals surface area contributed by atoms with Gasteiger partial charge in [0, 0.05) is 33.0 Å². The zero-order valence-corrected chi connectivity index (χ0v) is 26.1. The van der Waals surface area contributed by atoms with Gasteiger partial charge in [-0.05, 0) is 45.5 Å². The van der Waals surface area contributed by atoms with E-state index in [1.807, 2.05) is 36.4 Å². The number of fused-ring (bicyclic) bond motifs is 5. The molecule has 0 saturated heterocycles. The molecule has 0 aliphatic heterocycles. The quantitative estimate of drug-likeness (QED) is 0.182. The first-order valence-corrected chi connectivity index (χ1v) is 16.2. The molecule has 3 nitrogen and oxygen atoms in total. The summed E-state index contributed by atoms with van der Waals surface area (Å²) in [7, 11) is 0. The minimum Gasteiger partial charge on any atom is -0.247 e. The van der Waals surface area contributed by atoms with E-state index >= 15 is 0 Å². The van der Waals surface area contributed by atoms with Crippen molar-refractivity contribution in [2.45, 2.75) is 0 Å². The number of aromatic nitrogens is 3. The van der Waals surface area contributed by atoms with Crippen molar-refractivity contribution < 1.29 is 0 Å². The van der Waals surface area contributed by atoms with E-state index < -0.39 is 0 Å². The van der Waals surface area contributed by atoms with E-state index in [4.69, 9.17) is 15.0 Å². The van der Waals surface area contributed by atoms with Gasteiger partial charge >= 0.3 is 0 Å². The average Bonchev–Trinajstić information content (AvgIpc) is 3.18. The number of nitrogens with zero attached hydrogens (tertiary/aromatic N) is 3. The minimum absolute atomic E-state index is 0.673. The predicted molar refractivity (Wildman–Crippen MR) is 200 cm³/mol. The number of hydrogen-bond acceptors (Lipinski definition) is 3. The Kier molecular flexibility index (Phi) is 6.80. The summed E-state index contributed by atoms with van der Waals surface area (Å²) in [5.74, 6) is 0.673.